The van der Waals surface area contributed by atoms with Gasteiger partial charge in [0.1, 0.15) is 5.71 Å². The van der Waals surface area contributed by atoms with Crippen LogP contribution >= 0.6 is 0 Å². The Balaban J connectivity index is 2.09. The zero-order chi connectivity index (χ0) is 17.0. The van der Waals surface area contributed by atoms with E-state index in [-0.39, 0.29) is 17.2 Å². The second-order valence-electron chi connectivity index (χ2n) is 5.57. The van der Waals surface area contributed by atoms with Crippen molar-refractivity contribution in [2.75, 3.05) is 20.4 Å². The number of benzene rings is 1. The second-order valence-corrected chi connectivity index (χ2v) is 7.59. The van der Waals surface area contributed by atoms with Gasteiger partial charge in [-0.05, 0) is 12.1 Å². The number of hydrogen-bond donors (Lipinski definition) is 0. The summed E-state index contributed by atoms with van der Waals surface area (Å²) in [7, 11) is -0.317. The van der Waals surface area contributed by atoms with Crippen LogP contribution in [0.15, 0.2) is 34.3 Å². The van der Waals surface area contributed by atoms with Crippen LogP contribution in [0.5, 0.6) is 0 Å². The summed E-state index contributed by atoms with van der Waals surface area (Å²) >= 11 is 0. The lowest BCUT2D eigenvalue weighted by molar-refractivity contribution is -0.175. The molecule has 1 unspecified atom stereocenters. The van der Waals surface area contributed by atoms with Gasteiger partial charge in [0, 0.05) is 25.9 Å². The maximum absolute atomic E-state index is 12.5. The van der Waals surface area contributed by atoms with E-state index in [2.05, 4.69) is 5.10 Å². The number of hydrogen-bond acceptors (Lipinski definition) is 7. The minimum Gasteiger partial charge on any atom is -0.367 e. The monoisotopic (exact) mass is 337 g/mol. The van der Waals surface area contributed by atoms with E-state index in [1.165, 1.54) is 31.3 Å². The van der Waals surface area contributed by atoms with Gasteiger partial charge in [0.25, 0.3) is 5.91 Å². The Morgan fingerprint density at radius 1 is 1.17 bits per heavy atom. The van der Waals surface area contributed by atoms with Crippen molar-refractivity contribution in [2.45, 2.75) is 16.9 Å². The highest BCUT2D eigenvalue weighted by molar-refractivity contribution is 7.90. The summed E-state index contributed by atoms with van der Waals surface area (Å²) in [6, 6.07) is 6.03. The second kappa shape index (κ2) is 4.87. The van der Waals surface area contributed by atoms with E-state index in [4.69, 9.17) is 4.84 Å². The molecule has 1 amide bonds. The van der Waals surface area contributed by atoms with Crippen LogP contribution < -0.4 is 0 Å². The number of rotatable bonds is 2. The first kappa shape index (κ1) is 15.6. The molecule has 23 heavy (non-hydrogen) atoms. The fraction of sp³-hybridized carbons (Fsp3) is 0.357. The zero-order valence-electron chi connectivity index (χ0n) is 12.8. The van der Waals surface area contributed by atoms with Gasteiger partial charge in [-0.2, -0.15) is 5.10 Å². The lowest BCUT2D eigenvalue weighted by Gasteiger charge is -2.27. The first-order chi connectivity index (χ1) is 10.7. The van der Waals surface area contributed by atoms with Crippen molar-refractivity contribution < 1.29 is 22.8 Å². The maximum atomic E-state index is 12.5. The van der Waals surface area contributed by atoms with Gasteiger partial charge >= 0.3 is 5.97 Å². The molecule has 0 saturated carbocycles. The Morgan fingerprint density at radius 3 is 2.26 bits per heavy atom. The van der Waals surface area contributed by atoms with Crippen molar-refractivity contribution in [3.05, 3.63) is 29.8 Å². The molecule has 2 aliphatic heterocycles. The highest BCUT2D eigenvalue weighted by Crippen LogP contribution is 2.37. The Bertz CT molecular complexity index is 830. The van der Waals surface area contributed by atoms with Crippen molar-refractivity contribution in [3.63, 3.8) is 0 Å². The van der Waals surface area contributed by atoms with E-state index in [1.54, 1.807) is 12.1 Å². The van der Waals surface area contributed by atoms with Crippen LogP contribution in [-0.2, 0) is 24.3 Å². The topological polar surface area (TPSA) is 96.3 Å². The first-order valence-corrected chi connectivity index (χ1v) is 8.68. The molecule has 1 saturated heterocycles. The van der Waals surface area contributed by atoms with Crippen LogP contribution in [0.1, 0.15) is 12.0 Å². The minimum atomic E-state index is -3.32. The van der Waals surface area contributed by atoms with E-state index < -0.39 is 21.3 Å². The Labute approximate surface area is 133 Å². The molecule has 0 aliphatic carbocycles. The van der Waals surface area contributed by atoms with Crippen LogP contribution in [0.25, 0.3) is 0 Å². The van der Waals surface area contributed by atoms with Gasteiger partial charge in [0.2, 0.25) is 0 Å². The standard InChI is InChI=1S/C14H15N3O5S/c1-16-13(19)14(8-11(18)22-17(14)2)12(15-16)9-4-6-10(7-5-9)23(3,20)21/h4-7H,8H2,1-3H3. The summed E-state index contributed by atoms with van der Waals surface area (Å²) < 4.78 is 23.1. The van der Waals surface area contributed by atoms with E-state index in [0.29, 0.717) is 11.3 Å². The summed E-state index contributed by atoms with van der Waals surface area (Å²) in [4.78, 5) is 29.4. The van der Waals surface area contributed by atoms with Gasteiger partial charge < -0.3 is 4.84 Å². The highest BCUT2D eigenvalue weighted by atomic mass is 32.2. The number of nitrogens with zero attached hydrogens (tertiary/aromatic N) is 3. The van der Waals surface area contributed by atoms with Crippen LogP contribution in [-0.4, -0.2) is 62.0 Å². The molecule has 0 bridgehead atoms. The predicted octanol–water partition coefficient (Wildman–Crippen LogP) is -0.201. The van der Waals surface area contributed by atoms with Gasteiger partial charge in [0.05, 0.1) is 11.3 Å². The van der Waals surface area contributed by atoms with Crippen molar-refractivity contribution in [1.29, 1.82) is 0 Å². The Kier molecular flexibility index (Phi) is 3.31. The molecule has 1 atom stereocenters. The molecule has 0 radical (unpaired) electrons. The fourth-order valence-electron chi connectivity index (χ4n) is 2.83. The van der Waals surface area contributed by atoms with Crippen LogP contribution in [0.2, 0.25) is 0 Å². The lowest BCUT2D eigenvalue weighted by Crippen LogP contribution is -2.54. The average molecular weight is 337 g/mol. The summed E-state index contributed by atoms with van der Waals surface area (Å²) in [5.41, 5.74) is -0.392. The maximum Gasteiger partial charge on any atom is 0.328 e. The van der Waals surface area contributed by atoms with Crippen molar-refractivity contribution >= 4 is 27.4 Å². The van der Waals surface area contributed by atoms with Gasteiger partial charge in [-0.15, -0.1) is 5.06 Å². The number of carbonyl (C=O) groups excluding carboxylic acids is 2. The SMILES string of the molecule is CN1N=C(c2ccc(S(C)(=O)=O)cc2)C2(CC(=O)ON2C)C1=O. The molecule has 8 nitrogen and oxygen atoms in total. The van der Waals surface area contributed by atoms with Crippen LogP contribution in [0.3, 0.4) is 0 Å². The molecule has 3 rings (SSSR count). The number of hydroxylamine groups is 2. The number of hydrazone groups is 1. The molecule has 1 aromatic rings. The Morgan fingerprint density at radius 2 is 1.78 bits per heavy atom. The Hall–Kier alpha value is -2.26. The summed E-state index contributed by atoms with van der Waals surface area (Å²) in [5, 5.41) is 6.61. The number of likely N-dealkylation sites (N-methyl/N-ethyl adjacent to an activating group) is 2. The predicted molar refractivity (Wildman–Crippen MR) is 80.1 cm³/mol. The van der Waals surface area contributed by atoms with Gasteiger partial charge in [-0.25, -0.2) is 13.4 Å². The molecular formula is C14H15N3O5S. The third kappa shape index (κ3) is 2.23. The van der Waals surface area contributed by atoms with Gasteiger partial charge in [0.15, 0.2) is 15.4 Å². The molecular weight excluding hydrogens is 322 g/mol. The van der Waals surface area contributed by atoms with E-state index in [9.17, 15) is 18.0 Å². The van der Waals surface area contributed by atoms with E-state index in [1.807, 2.05) is 0 Å². The third-order valence-corrected chi connectivity index (χ3v) is 5.15. The summed E-state index contributed by atoms with van der Waals surface area (Å²) in [6.07, 6.45) is 0.977. The van der Waals surface area contributed by atoms with Gasteiger partial charge in [-0.1, -0.05) is 12.1 Å². The van der Waals surface area contributed by atoms with Crippen molar-refractivity contribution in [2.24, 2.45) is 5.10 Å². The molecule has 1 aromatic carbocycles. The normalized spacial score (nSPS) is 25.2. The molecule has 2 aliphatic rings. The van der Waals surface area contributed by atoms with Gasteiger partial charge in [-0.3, -0.25) is 9.59 Å². The summed E-state index contributed by atoms with van der Waals surface area (Å²) in [6.45, 7) is 0. The van der Waals surface area contributed by atoms with E-state index >= 15 is 0 Å². The largest absolute Gasteiger partial charge is 0.367 e. The fourth-order valence-corrected chi connectivity index (χ4v) is 3.46. The molecule has 0 N–H and O–H groups in total. The quantitative estimate of drug-likeness (QED) is 0.741. The first-order valence-electron chi connectivity index (χ1n) is 6.78. The average Bonchev–Trinajstić information content (AvgIpc) is 2.90. The lowest BCUT2D eigenvalue weighted by atomic mass is 9.86. The molecule has 1 spiro atoms. The van der Waals surface area contributed by atoms with Crippen molar-refractivity contribution in [1.82, 2.24) is 10.1 Å². The molecule has 2 heterocycles. The number of sulfone groups is 1. The van der Waals surface area contributed by atoms with Crippen LogP contribution in [0, 0.1) is 0 Å². The third-order valence-electron chi connectivity index (χ3n) is 4.02. The van der Waals surface area contributed by atoms with E-state index in [0.717, 1.165) is 11.3 Å². The highest BCUT2D eigenvalue weighted by Gasteiger charge is 2.60. The van der Waals surface area contributed by atoms with Crippen molar-refractivity contribution in [3.8, 4) is 0 Å². The smallest absolute Gasteiger partial charge is 0.328 e. The summed E-state index contributed by atoms with van der Waals surface area (Å²) in [5.74, 6) is -0.885. The molecule has 0 aromatic heterocycles. The molecule has 122 valence electrons. The zero-order valence-corrected chi connectivity index (χ0v) is 13.6. The molecule has 9 heteroatoms. The number of amides is 1. The van der Waals surface area contributed by atoms with Crippen LogP contribution in [0.4, 0.5) is 0 Å². The minimum absolute atomic E-state index is 0.140. The number of carbonyl (C=O) groups is 2. The molecule has 1 fully saturated rings.